The van der Waals surface area contributed by atoms with Crippen LogP contribution in [0, 0.1) is 23.2 Å². The molecule has 4 saturated carbocycles. The second-order valence-electron chi connectivity index (χ2n) is 7.40. The first-order chi connectivity index (χ1) is 8.31. The van der Waals surface area contributed by atoms with Crippen molar-refractivity contribution in [1.82, 2.24) is 5.32 Å². The van der Waals surface area contributed by atoms with Gasteiger partial charge in [-0.15, -0.1) is 0 Å². The van der Waals surface area contributed by atoms with Crippen LogP contribution >= 0.6 is 0 Å². The molecule has 1 nitrogen and oxygen atoms in total. The van der Waals surface area contributed by atoms with E-state index < -0.39 is 0 Å². The molecule has 5 aliphatic rings. The molecule has 1 atom stereocenters. The van der Waals surface area contributed by atoms with Crippen LogP contribution in [-0.4, -0.2) is 12.6 Å². The maximum absolute atomic E-state index is 3.71. The fourth-order valence-corrected chi connectivity index (χ4v) is 5.83. The van der Waals surface area contributed by atoms with Gasteiger partial charge in [0, 0.05) is 6.04 Å². The van der Waals surface area contributed by atoms with Crippen molar-refractivity contribution >= 4 is 0 Å². The molecule has 94 valence electrons. The van der Waals surface area contributed by atoms with E-state index in [4.69, 9.17) is 0 Å². The second kappa shape index (κ2) is 3.85. The minimum Gasteiger partial charge on any atom is -0.310 e. The molecule has 0 spiro atoms. The first-order valence-electron chi connectivity index (χ1n) is 7.71. The van der Waals surface area contributed by atoms with Crippen molar-refractivity contribution in [2.24, 2.45) is 23.2 Å². The van der Waals surface area contributed by atoms with Crippen molar-refractivity contribution in [3.05, 3.63) is 12.2 Å². The van der Waals surface area contributed by atoms with E-state index in [1.54, 1.807) is 38.5 Å². The molecule has 1 heterocycles. The van der Waals surface area contributed by atoms with Gasteiger partial charge in [0.05, 0.1) is 0 Å². The van der Waals surface area contributed by atoms with Crippen LogP contribution in [0.5, 0.6) is 0 Å². The smallest absolute Gasteiger partial charge is 0.0255 e. The molecule has 0 saturated heterocycles. The second-order valence-corrected chi connectivity index (χ2v) is 7.40. The highest BCUT2D eigenvalue weighted by atomic mass is 14.9. The zero-order valence-corrected chi connectivity index (χ0v) is 10.8. The third kappa shape index (κ3) is 1.87. The average molecular weight is 231 g/mol. The highest BCUT2D eigenvalue weighted by Crippen LogP contribution is 2.61. The van der Waals surface area contributed by atoms with Crippen molar-refractivity contribution in [2.75, 3.05) is 6.54 Å². The van der Waals surface area contributed by atoms with Crippen LogP contribution in [0.4, 0.5) is 0 Å². The Morgan fingerprint density at radius 3 is 2.18 bits per heavy atom. The Morgan fingerprint density at radius 2 is 1.65 bits per heavy atom. The van der Waals surface area contributed by atoms with Gasteiger partial charge in [-0.1, -0.05) is 12.2 Å². The van der Waals surface area contributed by atoms with E-state index in [0.717, 1.165) is 23.2 Å². The van der Waals surface area contributed by atoms with Gasteiger partial charge >= 0.3 is 0 Å². The molecule has 5 rings (SSSR count). The monoisotopic (exact) mass is 231 g/mol. The molecule has 0 aromatic carbocycles. The third-order valence-corrected chi connectivity index (χ3v) is 5.90. The van der Waals surface area contributed by atoms with Crippen molar-refractivity contribution in [3.8, 4) is 0 Å². The first kappa shape index (κ1) is 10.6. The van der Waals surface area contributed by atoms with Gasteiger partial charge in [0.15, 0.2) is 0 Å². The Morgan fingerprint density at radius 1 is 1.00 bits per heavy atom. The van der Waals surface area contributed by atoms with Gasteiger partial charge in [0.1, 0.15) is 0 Å². The topological polar surface area (TPSA) is 12.0 Å². The normalized spacial score (nSPS) is 52.0. The third-order valence-electron chi connectivity index (χ3n) is 5.90. The van der Waals surface area contributed by atoms with Gasteiger partial charge in [0.25, 0.3) is 0 Å². The minimum atomic E-state index is 0.694. The van der Waals surface area contributed by atoms with Gasteiger partial charge in [0.2, 0.25) is 0 Å². The van der Waals surface area contributed by atoms with E-state index in [1.807, 2.05) is 0 Å². The summed E-state index contributed by atoms with van der Waals surface area (Å²) in [7, 11) is 0. The van der Waals surface area contributed by atoms with E-state index in [9.17, 15) is 0 Å². The summed E-state index contributed by atoms with van der Waals surface area (Å²) >= 11 is 0. The van der Waals surface area contributed by atoms with Gasteiger partial charge < -0.3 is 5.32 Å². The Kier molecular flexibility index (Phi) is 2.40. The van der Waals surface area contributed by atoms with Crippen LogP contribution in [0.3, 0.4) is 0 Å². The SMILES string of the molecule is C1=CC(CC23CC4CC(CC(C4)C2)C3)NCC1. The van der Waals surface area contributed by atoms with Crippen LogP contribution in [0.2, 0.25) is 0 Å². The summed E-state index contributed by atoms with van der Waals surface area (Å²) in [6.45, 7) is 1.20. The number of hydrogen-bond donors (Lipinski definition) is 1. The summed E-state index contributed by atoms with van der Waals surface area (Å²) in [4.78, 5) is 0. The Hall–Kier alpha value is -0.300. The molecule has 1 unspecified atom stereocenters. The largest absolute Gasteiger partial charge is 0.310 e. The lowest BCUT2D eigenvalue weighted by Gasteiger charge is -2.57. The number of hydrogen-bond acceptors (Lipinski definition) is 1. The fourth-order valence-electron chi connectivity index (χ4n) is 5.83. The van der Waals surface area contributed by atoms with Gasteiger partial charge in [-0.3, -0.25) is 0 Å². The highest BCUT2D eigenvalue weighted by molar-refractivity contribution is 5.06. The Balaban J connectivity index is 1.52. The summed E-state index contributed by atoms with van der Waals surface area (Å²) in [5.74, 6) is 3.32. The van der Waals surface area contributed by atoms with Crippen molar-refractivity contribution < 1.29 is 0 Å². The molecule has 4 bridgehead atoms. The highest BCUT2D eigenvalue weighted by Gasteiger charge is 2.51. The molecule has 0 radical (unpaired) electrons. The molecule has 1 heteroatoms. The number of nitrogens with one attached hydrogen (secondary N) is 1. The van der Waals surface area contributed by atoms with E-state index in [0.29, 0.717) is 6.04 Å². The van der Waals surface area contributed by atoms with Crippen LogP contribution in [0.15, 0.2) is 12.2 Å². The molecular formula is C16H25N. The summed E-state index contributed by atoms with van der Waals surface area (Å²) in [5, 5.41) is 3.71. The molecule has 0 aromatic heterocycles. The first-order valence-corrected chi connectivity index (χ1v) is 7.71. The molecule has 0 aromatic rings. The molecule has 17 heavy (non-hydrogen) atoms. The van der Waals surface area contributed by atoms with Gasteiger partial charge in [-0.2, -0.15) is 0 Å². The summed E-state index contributed by atoms with van der Waals surface area (Å²) < 4.78 is 0. The van der Waals surface area contributed by atoms with Crippen molar-refractivity contribution in [2.45, 2.75) is 57.4 Å². The summed E-state index contributed by atoms with van der Waals surface area (Å²) in [6, 6.07) is 0.694. The van der Waals surface area contributed by atoms with Crippen LogP contribution in [-0.2, 0) is 0 Å². The van der Waals surface area contributed by atoms with Gasteiger partial charge in [-0.25, -0.2) is 0 Å². The standard InChI is InChI=1S/C16H25N/c1-2-4-17-15(3-1)11-16-8-12-5-13(9-16)7-14(6-12)10-16/h1,3,12-15,17H,2,4-11H2. The maximum Gasteiger partial charge on any atom is 0.0255 e. The van der Waals surface area contributed by atoms with Crippen molar-refractivity contribution in [1.29, 1.82) is 0 Å². The van der Waals surface area contributed by atoms with Crippen molar-refractivity contribution in [3.63, 3.8) is 0 Å². The average Bonchev–Trinajstić information content (AvgIpc) is 2.27. The Bertz CT molecular complexity index is 295. The molecule has 0 amide bonds. The zero-order chi connectivity index (χ0) is 11.3. The fraction of sp³-hybridized carbons (Fsp3) is 0.875. The molecule has 4 fully saturated rings. The van der Waals surface area contributed by atoms with Crippen LogP contribution < -0.4 is 5.32 Å². The zero-order valence-electron chi connectivity index (χ0n) is 10.8. The molecule has 1 aliphatic heterocycles. The Labute approximate surface area is 105 Å². The van der Waals surface area contributed by atoms with E-state index in [-0.39, 0.29) is 0 Å². The molecule has 4 aliphatic carbocycles. The molecular weight excluding hydrogens is 206 g/mol. The quantitative estimate of drug-likeness (QED) is 0.717. The molecule has 1 N–H and O–H groups in total. The van der Waals surface area contributed by atoms with E-state index in [1.165, 1.54) is 19.4 Å². The number of rotatable bonds is 2. The lowest BCUT2D eigenvalue weighted by atomic mass is 9.48. The lowest BCUT2D eigenvalue weighted by molar-refractivity contribution is -0.0600. The van der Waals surface area contributed by atoms with E-state index >= 15 is 0 Å². The van der Waals surface area contributed by atoms with Crippen LogP contribution in [0.1, 0.15) is 51.4 Å². The summed E-state index contributed by atoms with van der Waals surface area (Å²) in [6.07, 6.45) is 16.9. The predicted molar refractivity (Wildman–Crippen MR) is 70.8 cm³/mol. The lowest BCUT2D eigenvalue weighted by Crippen LogP contribution is -2.49. The predicted octanol–water partition coefficient (Wildman–Crippen LogP) is 3.51. The van der Waals surface area contributed by atoms with Gasteiger partial charge in [-0.05, 0) is 81.1 Å². The summed E-state index contributed by atoms with van der Waals surface area (Å²) in [5.41, 5.74) is 0.744. The minimum absolute atomic E-state index is 0.694. The van der Waals surface area contributed by atoms with E-state index in [2.05, 4.69) is 17.5 Å². The van der Waals surface area contributed by atoms with Crippen LogP contribution in [0.25, 0.3) is 0 Å². The maximum atomic E-state index is 3.71.